The quantitative estimate of drug-likeness (QED) is 0.715. The van der Waals surface area contributed by atoms with Crippen molar-refractivity contribution < 1.29 is 22.6 Å². The Hall–Kier alpha value is -1.39. The highest BCUT2D eigenvalue weighted by atomic mass is 19.2. The second kappa shape index (κ2) is 6.37. The molecule has 5 heteroatoms. The molecule has 1 rings (SSSR count). The zero-order valence-corrected chi connectivity index (χ0v) is 9.86. The van der Waals surface area contributed by atoms with Gasteiger partial charge >= 0.3 is 0 Å². The van der Waals surface area contributed by atoms with E-state index in [1.54, 1.807) is 6.92 Å². The Kier molecular flexibility index (Phi) is 5.12. The molecule has 0 bridgehead atoms. The molecular weight excluding hydrogens is 233 g/mol. The summed E-state index contributed by atoms with van der Waals surface area (Å²) >= 11 is 0. The van der Waals surface area contributed by atoms with Gasteiger partial charge in [-0.1, -0.05) is 13.8 Å². The molecule has 2 nitrogen and oxygen atoms in total. The number of benzene rings is 1. The third-order valence-corrected chi connectivity index (χ3v) is 1.99. The average Bonchev–Trinajstić information content (AvgIpc) is 2.30. The fraction of sp³-hybridized carbons (Fsp3) is 0.500. The molecule has 0 aliphatic carbocycles. The van der Waals surface area contributed by atoms with Gasteiger partial charge in [-0.2, -0.15) is 4.39 Å². The van der Waals surface area contributed by atoms with Crippen LogP contribution in [-0.4, -0.2) is 13.2 Å². The van der Waals surface area contributed by atoms with Gasteiger partial charge in [-0.05, 0) is 12.8 Å². The summed E-state index contributed by atoms with van der Waals surface area (Å²) in [6, 6.07) is 0.457. The molecule has 0 N–H and O–H groups in total. The molecule has 96 valence electrons. The van der Waals surface area contributed by atoms with E-state index in [1.165, 1.54) is 0 Å². The van der Waals surface area contributed by atoms with Crippen molar-refractivity contribution in [2.45, 2.75) is 26.7 Å². The molecule has 1 aromatic rings. The summed E-state index contributed by atoms with van der Waals surface area (Å²) in [5.41, 5.74) is 0. The van der Waals surface area contributed by atoms with Crippen LogP contribution in [0.15, 0.2) is 6.07 Å². The standard InChI is InChI=1S/C12H15F3O2/c1-3-5-16-11-9(14)7-8(13)10(15)12(11)17-6-4-2/h7H,3-6H2,1-2H3. The van der Waals surface area contributed by atoms with Crippen molar-refractivity contribution in [3.8, 4) is 11.5 Å². The molecule has 0 fully saturated rings. The van der Waals surface area contributed by atoms with Crippen LogP contribution < -0.4 is 9.47 Å². The molecule has 0 aliphatic rings. The molecule has 0 spiro atoms. The molecule has 0 atom stereocenters. The van der Waals surface area contributed by atoms with Crippen molar-refractivity contribution in [2.24, 2.45) is 0 Å². The fourth-order valence-electron chi connectivity index (χ4n) is 1.23. The minimum Gasteiger partial charge on any atom is -0.487 e. The molecule has 0 radical (unpaired) electrons. The first kappa shape index (κ1) is 13.7. The maximum Gasteiger partial charge on any atom is 0.204 e. The van der Waals surface area contributed by atoms with Crippen molar-refractivity contribution in [1.82, 2.24) is 0 Å². The average molecular weight is 248 g/mol. The Morgan fingerprint density at radius 3 is 1.94 bits per heavy atom. The highest BCUT2D eigenvalue weighted by Crippen LogP contribution is 2.35. The molecule has 0 aromatic heterocycles. The minimum atomic E-state index is -1.28. The van der Waals surface area contributed by atoms with Gasteiger partial charge in [-0.3, -0.25) is 0 Å². The summed E-state index contributed by atoms with van der Waals surface area (Å²) in [5.74, 6) is -4.30. The van der Waals surface area contributed by atoms with E-state index in [-0.39, 0.29) is 19.0 Å². The Balaban J connectivity index is 3.09. The number of rotatable bonds is 6. The van der Waals surface area contributed by atoms with Crippen LogP contribution in [0.1, 0.15) is 26.7 Å². The third-order valence-electron chi connectivity index (χ3n) is 1.99. The van der Waals surface area contributed by atoms with Crippen molar-refractivity contribution in [1.29, 1.82) is 0 Å². The van der Waals surface area contributed by atoms with Crippen LogP contribution in [0.5, 0.6) is 11.5 Å². The first-order valence-corrected chi connectivity index (χ1v) is 5.54. The van der Waals surface area contributed by atoms with Crippen LogP contribution in [0.25, 0.3) is 0 Å². The molecule has 0 unspecified atom stereocenters. The van der Waals surface area contributed by atoms with Crippen LogP contribution >= 0.6 is 0 Å². The predicted molar refractivity (Wildman–Crippen MR) is 57.9 cm³/mol. The molecule has 1 aromatic carbocycles. The van der Waals surface area contributed by atoms with Gasteiger partial charge in [0.25, 0.3) is 0 Å². The van der Waals surface area contributed by atoms with Gasteiger partial charge in [-0.15, -0.1) is 0 Å². The first-order chi connectivity index (χ1) is 8.11. The first-order valence-electron chi connectivity index (χ1n) is 5.54. The van der Waals surface area contributed by atoms with Crippen LogP contribution in [0.4, 0.5) is 13.2 Å². The normalized spacial score (nSPS) is 10.4. The maximum atomic E-state index is 13.4. The van der Waals surface area contributed by atoms with Crippen molar-refractivity contribution in [2.75, 3.05) is 13.2 Å². The Bertz CT molecular complexity index is 381. The van der Waals surface area contributed by atoms with Crippen LogP contribution in [0.2, 0.25) is 0 Å². The van der Waals surface area contributed by atoms with Crippen LogP contribution in [-0.2, 0) is 0 Å². The van der Waals surface area contributed by atoms with Crippen molar-refractivity contribution in [3.63, 3.8) is 0 Å². The summed E-state index contributed by atoms with van der Waals surface area (Å²) in [6.07, 6.45) is 1.23. The lowest BCUT2D eigenvalue weighted by Gasteiger charge is -2.13. The summed E-state index contributed by atoms with van der Waals surface area (Å²) in [7, 11) is 0. The number of ether oxygens (including phenoxy) is 2. The van der Waals surface area contributed by atoms with E-state index >= 15 is 0 Å². The SMILES string of the molecule is CCCOc1c(F)cc(F)c(F)c1OCCC. The van der Waals surface area contributed by atoms with E-state index < -0.39 is 23.2 Å². The van der Waals surface area contributed by atoms with E-state index in [1.807, 2.05) is 6.92 Å². The minimum absolute atomic E-state index is 0.169. The molecule has 0 aliphatic heterocycles. The lowest BCUT2D eigenvalue weighted by molar-refractivity contribution is 0.243. The fourth-order valence-corrected chi connectivity index (χ4v) is 1.23. The number of hydrogen-bond donors (Lipinski definition) is 0. The number of halogens is 3. The van der Waals surface area contributed by atoms with E-state index in [2.05, 4.69) is 0 Å². The zero-order valence-electron chi connectivity index (χ0n) is 9.86. The summed E-state index contributed by atoms with van der Waals surface area (Å²) in [4.78, 5) is 0. The molecule has 17 heavy (non-hydrogen) atoms. The lowest BCUT2D eigenvalue weighted by Crippen LogP contribution is -2.06. The lowest BCUT2D eigenvalue weighted by atomic mass is 10.2. The highest BCUT2D eigenvalue weighted by Gasteiger charge is 2.21. The topological polar surface area (TPSA) is 18.5 Å². The number of hydrogen-bond acceptors (Lipinski definition) is 2. The Morgan fingerprint density at radius 1 is 0.882 bits per heavy atom. The molecule has 0 amide bonds. The highest BCUT2D eigenvalue weighted by molar-refractivity contribution is 5.43. The van der Waals surface area contributed by atoms with Gasteiger partial charge in [0.1, 0.15) is 0 Å². The third kappa shape index (κ3) is 3.28. The van der Waals surface area contributed by atoms with Gasteiger partial charge in [0.05, 0.1) is 13.2 Å². The van der Waals surface area contributed by atoms with Crippen LogP contribution in [0.3, 0.4) is 0 Å². The van der Waals surface area contributed by atoms with E-state index in [4.69, 9.17) is 9.47 Å². The largest absolute Gasteiger partial charge is 0.487 e. The van der Waals surface area contributed by atoms with Gasteiger partial charge in [0, 0.05) is 6.07 Å². The van der Waals surface area contributed by atoms with Crippen molar-refractivity contribution >= 4 is 0 Å². The van der Waals surface area contributed by atoms with Gasteiger partial charge < -0.3 is 9.47 Å². The molecule has 0 saturated heterocycles. The monoisotopic (exact) mass is 248 g/mol. The zero-order chi connectivity index (χ0) is 12.8. The summed E-state index contributed by atoms with van der Waals surface area (Å²) < 4.78 is 49.9. The van der Waals surface area contributed by atoms with Gasteiger partial charge in [0.15, 0.2) is 17.4 Å². The maximum absolute atomic E-state index is 13.4. The van der Waals surface area contributed by atoms with Gasteiger partial charge in [0.2, 0.25) is 11.6 Å². The summed E-state index contributed by atoms with van der Waals surface area (Å²) in [6.45, 7) is 4.01. The van der Waals surface area contributed by atoms with E-state index in [0.29, 0.717) is 18.9 Å². The Morgan fingerprint density at radius 2 is 1.41 bits per heavy atom. The molecule has 0 saturated carbocycles. The second-order valence-corrected chi connectivity index (χ2v) is 3.51. The van der Waals surface area contributed by atoms with E-state index in [0.717, 1.165) is 0 Å². The Labute approximate surface area is 98.3 Å². The molecule has 0 heterocycles. The van der Waals surface area contributed by atoms with Crippen LogP contribution in [0, 0.1) is 17.5 Å². The summed E-state index contributed by atoms with van der Waals surface area (Å²) in [5, 5.41) is 0. The van der Waals surface area contributed by atoms with E-state index in [9.17, 15) is 13.2 Å². The van der Waals surface area contributed by atoms with Gasteiger partial charge in [-0.25, -0.2) is 8.78 Å². The second-order valence-electron chi connectivity index (χ2n) is 3.51. The van der Waals surface area contributed by atoms with Crippen molar-refractivity contribution in [3.05, 3.63) is 23.5 Å². The molecular formula is C12H15F3O2. The smallest absolute Gasteiger partial charge is 0.204 e. The predicted octanol–water partition coefficient (Wildman–Crippen LogP) is 3.68.